The molecule has 3 aromatic rings. The van der Waals surface area contributed by atoms with Gasteiger partial charge in [0.15, 0.2) is 5.76 Å². The number of carbonyl (C=O) groups excluding carboxylic acids is 3. The molecule has 1 aliphatic rings. The molecule has 0 bridgehead atoms. The molecule has 1 fully saturated rings. The number of carbonyl (C=O) groups is 3. The van der Waals surface area contributed by atoms with Gasteiger partial charge in [-0.3, -0.25) is 14.4 Å². The third-order valence-corrected chi connectivity index (χ3v) is 6.31. The van der Waals surface area contributed by atoms with E-state index in [1.807, 2.05) is 13.0 Å². The zero-order valence-electron chi connectivity index (χ0n) is 20.0. The number of hydrogen-bond acceptors (Lipinski definition) is 5. The highest BCUT2D eigenvalue weighted by atomic mass is 16.4. The van der Waals surface area contributed by atoms with Gasteiger partial charge in [-0.2, -0.15) is 0 Å². The first-order valence-corrected chi connectivity index (χ1v) is 11.9. The van der Waals surface area contributed by atoms with Crippen LogP contribution < -0.4 is 16.0 Å². The highest BCUT2D eigenvalue weighted by molar-refractivity contribution is 6.03. The molecular weight excluding hydrogens is 444 g/mol. The number of aromatic nitrogens is 1. The molecule has 3 amide bonds. The van der Waals surface area contributed by atoms with Crippen LogP contribution in [-0.2, 0) is 4.79 Å². The summed E-state index contributed by atoms with van der Waals surface area (Å²) in [7, 11) is 1.58. The lowest BCUT2D eigenvalue weighted by Gasteiger charge is -2.29. The van der Waals surface area contributed by atoms with Gasteiger partial charge in [0.25, 0.3) is 11.8 Å². The van der Waals surface area contributed by atoms with Gasteiger partial charge in [-0.25, -0.2) is 4.98 Å². The smallest absolute Gasteiger partial charge is 0.287 e. The van der Waals surface area contributed by atoms with E-state index in [-0.39, 0.29) is 23.5 Å². The van der Waals surface area contributed by atoms with Crippen molar-refractivity contribution in [3.63, 3.8) is 0 Å². The predicted octanol–water partition coefficient (Wildman–Crippen LogP) is 4.33. The quantitative estimate of drug-likeness (QED) is 0.472. The minimum absolute atomic E-state index is 0.125. The van der Waals surface area contributed by atoms with Gasteiger partial charge in [0, 0.05) is 24.0 Å². The van der Waals surface area contributed by atoms with E-state index in [1.165, 1.54) is 0 Å². The van der Waals surface area contributed by atoms with Crippen molar-refractivity contribution in [1.82, 2.24) is 15.6 Å². The molecule has 0 spiro atoms. The molecule has 8 heteroatoms. The fourth-order valence-electron chi connectivity index (χ4n) is 4.43. The SMILES string of the molecule is CNC(=O)[C@@H](NC(=O)c1ccc(-c2ccc(NC(=O)c3cccc(C)n3)cc2)o1)C1CCCCC1. The largest absolute Gasteiger partial charge is 0.451 e. The molecule has 0 aliphatic heterocycles. The number of furan rings is 1. The third kappa shape index (κ3) is 5.95. The Kier molecular flexibility index (Phi) is 7.60. The molecule has 1 aliphatic carbocycles. The molecule has 8 nitrogen and oxygen atoms in total. The summed E-state index contributed by atoms with van der Waals surface area (Å²) in [5.41, 5.74) is 2.49. The molecule has 0 unspecified atom stereocenters. The van der Waals surface area contributed by atoms with Crippen molar-refractivity contribution >= 4 is 23.4 Å². The lowest BCUT2D eigenvalue weighted by molar-refractivity contribution is -0.124. The highest BCUT2D eigenvalue weighted by Crippen LogP contribution is 2.28. The fourth-order valence-corrected chi connectivity index (χ4v) is 4.43. The number of nitrogens with zero attached hydrogens (tertiary/aromatic N) is 1. The fraction of sp³-hybridized carbons (Fsp3) is 0.333. The highest BCUT2D eigenvalue weighted by Gasteiger charge is 2.31. The summed E-state index contributed by atoms with van der Waals surface area (Å²) in [5.74, 6) is -0.0995. The Balaban J connectivity index is 1.41. The van der Waals surface area contributed by atoms with Crippen LogP contribution in [0.2, 0.25) is 0 Å². The summed E-state index contributed by atoms with van der Waals surface area (Å²) in [4.78, 5) is 41.9. The Morgan fingerprint density at radius 2 is 1.69 bits per heavy atom. The summed E-state index contributed by atoms with van der Waals surface area (Å²) in [5, 5.41) is 8.36. The standard InChI is InChI=1S/C27H30N4O4/c1-17-7-6-10-21(29-17)25(32)30-20-13-11-18(12-14-20)22-15-16-23(35-22)26(33)31-24(27(34)28-2)19-8-4-3-5-9-19/h6-7,10-16,19,24H,3-5,8-9H2,1-2H3,(H,28,34)(H,30,32)(H,31,33)/t24-/m0/s1. The first kappa shape index (κ1) is 24.2. The van der Waals surface area contributed by atoms with Crippen LogP contribution in [0.25, 0.3) is 11.3 Å². The van der Waals surface area contributed by atoms with Crippen molar-refractivity contribution in [3.05, 3.63) is 71.7 Å². The third-order valence-electron chi connectivity index (χ3n) is 6.31. The Labute approximate surface area is 204 Å². The predicted molar refractivity (Wildman–Crippen MR) is 133 cm³/mol. The molecule has 1 aromatic carbocycles. The molecule has 1 saturated carbocycles. The number of amides is 3. The van der Waals surface area contributed by atoms with Crippen LogP contribution in [0, 0.1) is 12.8 Å². The van der Waals surface area contributed by atoms with E-state index in [1.54, 1.807) is 55.6 Å². The molecule has 0 saturated heterocycles. The number of nitrogens with one attached hydrogen (secondary N) is 3. The topological polar surface area (TPSA) is 113 Å². The van der Waals surface area contributed by atoms with Crippen molar-refractivity contribution in [1.29, 1.82) is 0 Å². The van der Waals surface area contributed by atoms with Gasteiger partial charge >= 0.3 is 0 Å². The molecular formula is C27H30N4O4. The van der Waals surface area contributed by atoms with Crippen LogP contribution in [0.15, 0.2) is 59.0 Å². The normalized spacial score (nSPS) is 14.7. The number of hydrogen-bond donors (Lipinski definition) is 3. The van der Waals surface area contributed by atoms with Crippen LogP contribution in [0.3, 0.4) is 0 Å². The van der Waals surface area contributed by atoms with Crippen molar-refractivity contribution in [3.8, 4) is 11.3 Å². The Hall–Kier alpha value is -3.94. The van der Waals surface area contributed by atoms with Crippen LogP contribution in [0.5, 0.6) is 0 Å². The minimum atomic E-state index is -0.577. The Morgan fingerprint density at radius 3 is 2.37 bits per heavy atom. The maximum atomic E-state index is 12.9. The van der Waals surface area contributed by atoms with Gasteiger partial charge in [0.1, 0.15) is 17.5 Å². The van der Waals surface area contributed by atoms with E-state index >= 15 is 0 Å². The number of pyridine rings is 1. The van der Waals surface area contributed by atoms with Gasteiger partial charge in [-0.1, -0.05) is 25.3 Å². The minimum Gasteiger partial charge on any atom is -0.451 e. The average molecular weight is 475 g/mol. The number of likely N-dealkylation sites (N-methyl/N-ethyl adjacent to an activating group) is 1. The van der Waals surface area contributed by atoms with E-state index in [0.717, 1.165) is 43.4 Å². The molecule has 0 radical (unpaired) electrons. The molecule has 1 atom stereocenters. The van der Waals surface area contributed by atoms with Crippen LogP contribution in [-0.4, -0.2) is 35.8 Å². The van der Waals surface area contributed by atoms with Gasteiger partial charge in [-0.15, -0.1) is 0 Å². The average Bonchev–Trinajstić information content (AvgIpc) is 3.38. The monoisotopic (exact) mass is 474 g/mol. The second-order valence-electron chi connectivity index (χ2n) is 8.82. The van der Waals surface area contributed by atoms with Gasteiger partial charge in [0.2, 0.25) is 5.91 Å². The van der Waals surface area contributed by atoms with E-state index in [4.69, 9.17) is 4.42 Å². The summed E-state index contributed by atoms with van der Waals surface area (Å²) in [6.07, 6.45) is 5.14. The molecule has 35 heavy (non-hydrogen) atoms. The van der Waals surface area contributed by atoms with Gasteiger partial charge in [-0.05, 0) is 74.2 Å². The Bertz CT molecular complexity index is 1200. The van der Waals surface area contributed by atoms with Crippen molar-refractivity contribution in [2.24, 2.45) is 5.92 Å². The number of rotatable bonds is 7. The summed E-state index contributed by atoms with van der Waals surface area (Å²) < 4.78 is 5.80. The van der Waals surface area contributed by atoms with E-state index in [0.29, 0.717) is 17.1 Å². The van der Waals surface area contributed by atoms with Gasteiger partial charge in [0.05, 0.1) is 0 Å². The second-order valence-corrected chi connectivity index (χ2v) is 8.82. The number of anilines is 1. The Morgan fingerprint density at radius 1 is 0.943 bits per heavy atom. The van der Waals surface area contributed by atoms with E-state index in [2.05, 4.69) is 20.9 Å². The van der Waals surface area contributed by atoms with E-state index in [9.17, 15) is 14.4 Å². The second kappa shape index (κ2) is 11.0. The molecule has 2 heterocycles. The first-order valence-electron chi connectivity index (χ1n) is 11.9. The van der Waals surface area contributed by atoms with Crippen LogP contribution in [0.1, 0.15) is 58.8 Å². The number of benzene rings is 1. The maximum Gasteiger partial charge on any atom is 0.287 e. The van der Waals surface area contributed by atoms with Gasteiger partial charge < -0.3 is 20.4 Å². The summed E-state index contributed by atoms with van der Waals surface area (Å²) in [6.45, 7) is 1.83. The first-order chi connectivity index (χ1) is 16.9. The lowest BCUT2D eigenvalue weighted by atomic mass is 9.83. The lowest BCUT2D eigenvalue weighted by Crippen LogP contribution is -2.50. The maximum absolute atomic E-state index is 12.9. The molecule has 4 rings (SSSR count). The zero-order chi connectivity index (χ0) is 24.8. The molecule has 3 N–H and O–H groups in total. The van der Waals surface area contributed by atoms with Crippen LogP contribution in [0.4, 0.5) is 5.69 Å². The molecule has 182 valence electrons. The van der Waals surface area contributed by atoms with E-state index < -0.39 is 11.9 Å². The zero-order valence-corrected chi connectivity index (χ0v) is 20.0. The summed E-state index contributed by atoms with van der Waals surface area (Å²) >= 11 is 0. The van der Waals surface area contributed by atoms with Crippen molar-refractivity contribution in [2.45, 2.75) is 45.1 Å². The van der Waals surface area contributed by atoms with Crippen LogP contribution >= 0.6 is 0 Å². The summed E-state index contributed by atoms with van der Waals surface area (Å²) in [6, 6.07) is 15.1. The number of aryl methyl sites for hydroxylation is 1. The molecule has 2 aromatic heterocycles. The van der Waals surface area contributed by atoms with Crippen molar-refractivity contribution in [2.75, 3.05) is 12.4 Å². The van der Waals surface area contributed by atoms with Crippen molar-refractivity contribution < 1.29 is 18.8 Å².